The van der Waals surface area contributed by atoms with Crippen LogP contribution in [0.3, 0.4) is 0 Å². The van der Waals surface area contributed by atoms with Gasteiger partial charge in [-0.05, 0) is 36.0 Å². The van der Waals surface area contributed by atoms with Gasteiger partial charge in [0.2, 0.25) is 0 Å². The highest BCUT2D eigenvalue weighted by molar-refractivity contribution is 6.09. The number of nitrogens with zero attached hydrogens (tertiary/aromatic N) is 3. The number of aliphatic imine (C=N–C) groups is 1. The molecule has 1 amide bonds. The monoisotopic (exact) mass is 412 g/mol. The van der Waals surface area contributed by atoms with Crippen molar-refractivity contribution in [2.45, 2.75) is 37.4 Å². The summed E-state index contributed by atoms with van der Waals surface area (Å²) in [6, 6.07) is 20.4. The molecule has 0 spiro atoms. The number of amides is 1. The molecule has 0 radical (unpaired) electrons. The minimum Gasteiger partial charge on any atom is -0.369 e. The molecule has 158 valence electrons. The van der Waals surface area contributed by atoms with Gasteiger partial charge in [0.15, 0.2) is 11.5 Å². The third-order valence-electron chi connectivity index (χ3n) is 6.52. The number of likely N-dealkylation sites (tertiary alicyclic amines) is 1. The Hall–Kier alpha value is -3.18. The summed E-state index contributed by atoms with van der Waals surface area (Å²) in [5, 5.41) is 0. The van der Waals surface area contributed by atoms with Crippen molar-refractivity contribution in [1.82, 2.24) is 9.80 Å². The third kappa shape index (κ3) is 3.49. The molecule has 2 aliphatic heterocycles. The molecular weight excluding hydrogens is 384 g/mol. The molecule has 1 saturated heterocycles. The Labute approximate surface area is 183 Å². The van der Waals surface area contributed by atoms with Gasteiger partial charge in [0.05, 0.1) is 6.04 Å². The Balaban J connectivity index is 1.43. The first-order chi connectivity index (χ1) is 15.2. The van der Waals surface area contributed by atoms with Gasteiger partial charge in [0, 0.05) is 19.6 Å². The second-order valence-corrected chi connectivity index (χ2v) is 8.52. The summed E-state index contributed by atoms with van der Waals surface area (Å²) < 4.78 is 0. The molecule has 1 aliphatic carbocycles. The minimum atomic E-state index is -1.07. The Morgan fingerprint density at radius 3 is 2.48 bits per heavy atom. The number of carbonyl (C=O) groups excluding carboxylic acids is 1. The van der Waals surface area contributed by atoms with E-state index in [0.29, 0.717) is 5.96 Å². The number of guanidine groups is 1. The van der Waals surface area contributed by atoms with Gasteiger partial charge in [0.1, 0.15) is 0 Å². The van der Waals surface area contributed by atoms with Crippen molar-refractivity contribution in [2.24, 2.45) is 10.7 Å². The highest BCUT2D eigenvalue weighted by Gasteiger charge is 2.53. The molecule has 0 saturated carbocycles. The Bertz CT molecular complexity index is 1040. The van der Waals surface area contributed by atoms with Crippen molar-refractivity contribution in [2.75, 3.05) is 13.1 Å². The van der Waals surface area contributed by atoms with Crippen LogP contribution in [0.5, 0.6) is 0 Å². The number of allylic oxidation sites excluding steroid dienone is 2. The van der Waals surface area contributed by atoms with Gasteiger partial charge < -0.3 is 5.73 Å². The molecule has 2 N–H and O–H groups in total. The standard InChI is InChI=1S/C26H28N4O/c27-25-28-26(21-12-6-2-7-13-21,22-14-8-3-9-15-22)24(31)30(25)23-16-17-29(19-23)18-20-10-4-1-5-11-20/h1-2,4-8,10-15,23H,3,9,16-19H2,(H2,27,28). The summed E-state index contributed by atoms with van der Waals surface area (Å²) in [5.41, 5.74) is 8.47. The zero-order chi connectivity index (χ0) is 21.3. The molecule has 0 bridgehead atoms. The number of carbonyl (C=O) groups is 1. The van der Waals surface area contributed by atoms with Crippen molar-refractivity contribution in [3.05, 3.63) is 95.6 Å². The van der Waals surface area contributed by atoms with E-state index in [4.69, 9.17) is 10.7 Å². The quantitative estimate of drug-likeness (QED) is 0.816. The summed E-state index contributed by atoms with van der Waals surface area (Å²) in [6.45, 7) is 2.63. The Morgan fingerprint density at radius 2 is 1.77 bits per heavy atom. The van der Waals surface area contributed by atoms with E-state index in [1.54, 1.807) is 4.90 Å². The van der Waals surface area contributed by atoms with E-state index in [0.717, 1.165) is 50.0 Å². The van der Waals surface area contributed by atoms with Crippen LogP contribution in [-0.4, -0.2) is 40.8 Å². The lowest BCUT2D eigenvalue weighted by Gasteiger charge is -2.31. The van der Waals surface area contributed by atoms with Crippen molar-refractivity contribution < 1.29 is 4.79 Å². The van der Waals surface area contributed by atoms with Crippen molar-refractivity contribution in [1.29, 1.82) is 0 Å². The fourth-order valence-electron chi connectivity index (χ4n) is 5.02. The predicted octanol–water partition coefficient (Wildman–Crippen LogP) is 3.59. The first-order valence-electron chi connectivity index (χ1n) is 11.1. The number of hydrogen-bond acceptors (Lipinski definition) is 4. The lowest BCUT2D eigenvalue weighted by atomic mass is 9.80. The second-order valence-electron chi connectivity index (χ2n) is 8.52. The summed E-state index contributed by atoms with van der Waals surface area (Å²) in [5.74, 6) is 0.306. The molecule has 2 atom stereocenters. The fourth-order valence-corrected chi connectivity index (χ4v) is 5.02. The van der Waals surface area contributed by atoms with Gasteiger partial charge in [-0.3, -0.25) is 14.6 Å². The average Bonchev–Trinajstić information content (AvgIpc) is 3.37. The molecule has 2 aromatic carbocycles. The third-order valence-corrected chi connectivity index (χ3v) is 6.52. The number of benzene rings is 2. The highest BCUT2D eigenvalue weighted by atomic mass is 16.2. The summed E-state index contributed by atoms with van der Waals surface area (Å²) in [7, 11) is 0. The summed E-state index contributed by atoms with van der Waals surface area (Å²) in [4.78, 5) is 23.0. The zero-order valence-corrected chi connectivity index (χ0v) is 17.7. The van der Waals surface area contributed by atoms with Crippen LogP contribution in [0, 0.1) is 0 Å². The van der Waals surface area contributed by atoms with Crippen LogP contribution in [0.25, 0.3) is 0 Å². The number of rotatable bonds is 5. The largest absolute Gasteiger partial charge is 0.369 e. The normalized spacial score (nSPS) is 26.3. The van der Waals surface area contributed by atoms with E-state index in [1.165, 1.54) is 5.56 Å². The lowest BCUT2D eigenvalue weighted by molar-refractivity contribution is -0.131. The van der Waals surface area contributed by atoms with Gasteiger partial charge in [-0.25, -0.2) is 4.99 Å². The van der Waals surface area contributed by atoms with Crippen LogP contribution < -0.4 is 5.73 Å². The molecular formula is C26H28N4O. The van der Waals surface area contributed by atoms with E-state index < -0.39 is 5.54 Å². The molecule has 31 heavy (non-hydrogen) atoms. The van der Waals surface area contributed by atoms with E-state index >= 15 is 0 Å². The van der Waals surface area contributed by atoms with E-state index in [1.807, 2.05) is 42.5 Å². The molecule has 5 heteroatoms. The van der Waals surface area contributed by atoms with Crippen LogP contribution in [0.15, 0.2) is 89.5 Å². The Kier molecular flexibility index (Phi) is 5.20. The molecule has 2 unspecified atom stereocenters. The van der Waals surface area contributed by atoms with Gasteiger partial charge in [0.25, 0.3) is 5.91 Å². The maximum absolute atomic E-state index is 14.0. The smallest absolute Gasteiger partial charge is 0.266 e. The molecule has 0 aromatic heterocycles. The van der Waals surface area contributed by atoms with Crippen LogP contribution in [-0.2, 0) is 16.9 Å². The van der Waals surface area contributed by atoms with Gasteiger partial charge in [-0.15, -0.1) is 0 Å². The SMILES string of the molecule is NC1=NC(C2=CCCC=C2)(c2ccccc2)C(=O)N1C1CCN(Cc2ccccc2)C1. The molecule has 5 nitrogen and oxygen atoms in total. The predicted molar refractivity (Wildman–Crippen MR) is 123 cm³/mol. The maximum Gasteiger partial charge on any atom is 0.266 e. The van der Waals surface area contributed by atoms with Crippen molar-refractivity contribution in [3.8, 4) is 0 Å². The molecule has 1 fully saturated rings. The highest BCUT2D eigenvalue weighted by Crippen LogP contribution is 2.42. The van der Waals surface area contributed by atoms with Crippen LogP contribution in [0.1, 0.15) is 30.4 Å². The lowest BCUT2D eigenvalue weighted by Crippen LogP contribution is -2.50. The summed E-state index contributed by atoms with van der Waals surface area (Å²) in [6.07, 6.45) is 9.11. The van der Waals surface area contributed by atoms with Crippen molar-refractivity contribution >= 4 is 11.9 Å². The maximum atomic E-state index is 14.0. The van der Waals surface area contributed by atoms with Crippen LogP contribution in [0.4, 0.5) is 0 Å². The minimum absolute atomic E-state index is 0.0273. The van der Waals surface area contributed by atoms with Crippen LogP contribution >= 0.6 is 0 Å². The summed E-state index contributed by atoms with van der Waals surface area (Å²) >= 11 is 0. The van der Waals surface area contributed by atoms with Crippen molar-refractivity contribution in [3.63, 3.8) is 0 Å². The molecule has 3 aliphatic rings. The molecule has 2 heterocycles. The van der Waals surface area contributed by atoms with Gasteiger partial charge in [-0.2, -0.15) is 0 Å². The fraction of sp³-hybridized carbons (Fsp3) is 0.308. The topological polar surface area (TPSA) is 61.9 Å². The van der Waals surface area contributed by atoms with Crippen LogP contribution in [0.2, 0.25) is 0 Å². The second kappa shape index (κ2) is 8.16. The van der Waals surface area contributed by atoms with Gasteiger partial charge in [-0.1, -0.05) is 78.9 Å². The van der Waals surface area contributed by atoms with E-state index in [-0.39, 0.29) is 11.9 Å². The zero-order valence-electron chi connectivity index (χ0n) is 17.7. The number of nitrogens with two attached hydrogens (primary N) is 1. The Morgan fingerprint density at radius 1 is 1.03 bits per heavy atom. The van der Waals surface area contributed by atoms with Gasteiger partial charge >= 0.3 is 0 Å². The number of hydrogen-bond donors (Lipinski definition) is 1. The van der Waals surface area contributed by atoms with E-state index in [9.17, 15) is 4.79 Å². The molecule has 5 rings (SSSR count). The molecule has 2 aromatic rings. The van der Waals surface area contributed by atoms with E-state index in [2.05, 4.69) is 41.3 Å². The average molecular weight is 413 g/mol. The first kappa shape index (κ1) is 19.8. The first-order valence-corrected chi connectivity index (χ1v) is 11.1.